The number of rotatable bonds is 9. The number of aromatic nitrogens is 2. The molecule has 124 valence electrons. The Labute approximate surface area is 132 Å². The van der Waals surface area contributed by atoms with Gasteiger partial charge in [-0.2, -0.15) is 4.98 Å². The van der Waals surface area contributed by atoms with Gasteiger partial charge in [0.1, 0.15) is 5.76 Å². The first-order chi connectivity index (χ1) is 11.1. The molecule has 0 atom stereocenters. The molecule has 8 heteroatoms. The third-order valence-electron chi connectivity index (χ3n) is 3.11. The maximum Gasteiger partial charge on any atom is 0.371 e. The number of carbonyl (C=O) groups is 2. The quantitative estimate of drug-likeness (QED) is 0.724. The van der Waals surface area contributed by atoms with Crippen LogP contribution in [0.1, 0.15) is 54.2 Å². The van der Waals surface area contributed by atoms with Crippen molar-refractivity contribution < 1.29 is 23.6 Å². The number of amides is 1. The molecule has 0 aliphatic carbocycles. The molecule has 8 nitrogen and oxygen atoms in total. The van der Waals surface area contributed by atoms with E-state index in [2.05, 4.69) is 15.5 Å². The molecule has 2 aromatic heterocycles. The Hall–Kier alpha value is -2.64. The van der Waals surface area contributed by atoms with E-state index in [0.29, 0.717) is 36.7 Å². The van der Waals surface area contributed by atoms with Crippen molar-refractivity contribution in [2.45, 2.75) is 45.6 Å². The van der Waals surface area contributed by atoms with Crippen LogP contribution in [0, 0.1) is 0 Å². The van der Waals surface area contributed by atoms with Gasteiger partial charge in [0, 0.05) is 19.3 Å². The molecule has 2 heterocycles. The molecule has 0 bridgehead atoms. The van der Waals surface area contributed by atoms with E-state index >= 15 is 0 Å². The van der Waals surface area contributed by atoms with Gasteiger partial charge in [-0.3, -0.25) is 4.79 Å². The van der Waals surface area contributed by atoms with Gasteiger partial charge in [0.2, 0.25) is 17.6 Å². The van der Waals surface area contributed by atoms with Crippen LogP contribution in [0.3, 0.4) is 0 Å². The zero-order valence-corrected chi connectivity index (χ0v) is 12.9. The second-order valence-electron chi connectivity index (χ2n) is 5.06. The first kappa shape index (κ1) is 16.7. The molecule has 0 saturated carbocycles. The number of aromatic carboxylic acids is 1. The summed E-state index contributed by atoms with van der Waals surface area (Å²) in [5, 5.41) is 15.3. The molecule has 2 N–H and O–H groups in total. The maximum absolute atomic E-state index is 11.7. The van der Waals surface area contributed by atoms with Crippen molar-refractivity contribution in [3.63, 3.8) is 0 Å². The molecule has 0 fully saturated rings. The lowest BCUT2D eigenvalue weighted by atomic mass is 10.2. The molecule has 2 aromatic rings. The Morgan fingerprint density at radius 2 is 2.13 bits per heavy atom. The van der Waals surface area contributed by atoms with Crippen molar-refractivity contribution in [2.75, 3.05) is 0 Å². The zero-order chi connectivity index (χ0) is 16.7. The van der Waals surface area contributed by atoms with Gasteiger partial charge in [-0.05, 0) is 25.0 Å². The Kier molecular flexibility index (Phi) is 5.90. The first-order valence-electron chi connectivity index (χ1n) is 7.48. The first-order valence-corrected chi connectivity index (χ1v) is 7.48. The number of carbonyl (C=O) groups excluding carboxylic acids is 1. The van der Waals surface area contributed by atoms with Gasteiger partial charge >= 0.3 is 5.97 Å². The summed E-state index contributed by atoms with van der Waals surface area (Å²) in [5.74, 6) is 0.207. The van der Waals surface area contributed by atoms with E-state index in [9.17, 15) is 9.59 Å². The van der Waals surface area contributed by atoms with E-state index in [-0.39, 0.29) is 18.2 Å². The Bertz CT molecular complexity index is 662. The van der Waals surface area contributed by atoms with Crippen molar-refractivity contribution in [3.05, 3.63) is 35.4 Å². The van der Waals surface area contributed by atoms with Gasteiger partial charge in [0.15, 0.2) is 5.82 Å². The molecule has 23 heavy (non-hydrogen) atoms. The van der Waals surface area contributed by atoms with Crippen molar-refractivity contribution in [2.24, 2.45) is 0 Å². The van der Waals surface area contributed by atoms with Gasteiger partial charge in [-0.1, -0.05) is 12.1 Å². The minimum atomic E-state index is -1.13. The van der Waals surface area contributed by atoms with Crippen LogP contribution >= 0.6 is 0 Å². The summed E-state index contributed by atoms with van der Waals surface area (Å²) in [4.78, 5) is 26.6. The lowest BCUT2D eigenvalue weighted by molar-refractivity contribution is -0.121. The van der Waals surface area contributed by atoms with Crippen molar-refractivity contribution in [1.29, 1.82) is 0 Å². The highest BCUT2D eigenvalue weighted by molar-refractivity contribution is 5.84. The van der Waals surface area contributed by atoms with Gasteiger partial charge in [0.05, 0.1) is 6.54 Å². The van der Waals surface area contributed by atoms with Crippen LogP contribution in [0.25, 0.3) is 0 Å². The Morgan fingerprint density at radius 3 is 2.83 bits per heavy atom. The SMILES string of the molecule is CCCc1noc(CCCC(=O)NCc2ccc(C(=O)O)o2)n1. The predicted octanol–water partition coefficient (Wildman–Crippen LogP) is 1.95. The van der Waals surface area contributed by atoms with E-state index in [1.807, 2.05) is 6.92 Å². The van der Waals surface area contributed by atoms with E-state index in [0.717, 1.165) is 12.8 Å². The minimum absolute atomic E-state index is 0.145. The van der Waals surface area contributed by atoms with Crippen molar-refractivity contribution in [1.82, 2.24) is 15.5 Å². The number of hydrogen-bond acceptors (Lipinski definition) is 6. The molecule has 2 rings (SSSR count). The van der Waals surface area contributed by atoms with Crippen molar-refractivity contribution in [3.8, 4) is 0 Å². The largest absolute Gasteiger partial charge is 0.475 e. The van der Waals surface area contributed by atoms with E-state index in [1.54, 1.807) is 0 Å². The number of hydrogen-bond donors (Lipinski definition) is 2. The monoisotopic (exact) mass is 321 g/mol. The number of nitrogens with one attached hydrogen (secondary N) is 1. The van der Waals surface area contributed by atoms with E-state index in [1.165, 1.54) is 12.1 Å². The summed E-state index contributed by atoms with van der Waals surface area (Å²) in [6, 6.07) is 2.88. The average molecular weight is 321 g/mol. The van der Waals surface area contributed by atoms with Gasteiger partial charge < -0.3 is 19.4 Å². The number of nitrogens with zero attached hydrogens (tertiary/aromatic N) is 2. The summed E-state index contributed by atoms with van der Waals surface area (Å²) in [6.45, 7) is 2.20. The van der Waals surface area contributed by atoms with Crippen LogP contribution in [0.4, 0.5) is 0 Å². The van der Waals surface area contributed by atoms with Gasteiger partial charge in [-0.15, -0.1) is 0 Å². The molecule has 0 aromatic carbocycles. The fourth-order valence-corrected chi connectivity index (χ4v) is 1.98. The number of aryl methyl sites for hydroxylation is 2. The molecule has 0 saturated heterocycles. The Morgan fingerprint density at radius 1 is 1.30 bits per heavy atom. The molecule has 0 aliphatic heterocycles. The highest BCUT2D eigenvalue weighted by atomic mass is 16.5. The third-order valence-corrected chi connectivity index (χ3v) is 3.11. The average Bonchev–Trinajstić information content (AvgIpc) is 3.15. The third kappa shape index (κ3) is 5.24. The molecular formula is C15H19N3O5. The zero-order valence-electron chi connectivity index (χ0n) is 12.9. The highest BCUT2D eigenvalue weighted by Gasteiger charge is 2.10. The molecule has 0 unspecified atom stereocenters. The van der Waals surface area contributed by atoms with Crippen molar-refractivity contribution >= 4 is 11.9 Å². The van der Waals surface area contributed by atoms with E-state index < -0.39 is 5.97 Å². The summed E-state index contributed by atoms with van der Waals surface area (Å²) >= 11 is 0. The summed E-state index contributed by atoms with van der Waals surface area (Å²) in [6.07, 6.45) is 3.20. The van der Waals surface area contributed by atoms with Crippen LogP contribution in [0.2, 0.25) is 0 Å². The smallest absolute Gasteiger partial charge is 0.371 e. The van der Waals surface area contributed by atoms with Gasteiger partial charge in [-0.25, -0.2) is 4.79 Å². The molecular weight excluding hydrogens is 302 g/mol. The fraction of sp³-hybridized carbons (Fsp3) is 0.467. The lowest BCUT2D eigenvalue weighted by Crippen LogP contribution is -2.22. The number of carboxylic acids is 1. The molecule has 1 amide bonds. The predicted molar refractivity (Wildman–Crippen MR) is 78.7 cm³/mol. The molecule has 0 radical (unpaired) electrons. The van der Waals surface area contributed by atoms with Crippen LogP contribution in [0.15, 0.2) is 21.1 Å². The topological polar surface area (TPSA) is 118 Å². The lowest BCUT2D eigenvalue weighted by Gasteiger charge is -2.02. The normalized spacial score (nSPS) is 10.7. The minimum Gasteiger partial charge on any atom is -0.475 e. The van der Waals surface area contributed by atoms with Crippen LogP contribution in [0.5, 0.6) is 0 Å². The number of carboxylic acid groups (broad SMARTS) is 1. The van der Waals surface area contributed by atoms with E-state index in [4.69, 9.17) is 14.0 Å². The maximum atomic E-state index is 11.7. The fourth-order valence-electron chi connectivity index (χ4n) is 1.98. The molecule has 0 spiro atoms. The summed E-state index contributed by atoms with van der Waals surface area (Å²) in [7, 11) is 0. The second-order valence-corrected chi connectivity index (χ2v) is 5.06. The van der Waals surface area contributed by atoms with Crippen LogP contribution < -0.4 is 5.32 Å². The molecule has 0 aliphatic rings. The number of furan rings is 1. The Balaban J connectivity index is 1.67. The second kappa shape index (κ2) is 8.11. The highest BCUT2D eigenvalue weighted by Crippen LogP contribution is 2.08. The standard InChI is InChI=1S/C15H19N3O5/c1-2-4-12-17-14(23-18-12)6-3-5-13(19)16-9-10-7-8-11(22-10)15(20)21/h7-8H,2-6,9H2,1H3,(H,16,19)(H,20,21). The summed E-state index contributed by atoms with van der Waals surface area (Å²) < 4.78 is 10.1. The van der Waals surface area contributed by atoms with Gasteiger partial charge in [0.25, 0.3) is 0 Å². The van der Waals surface area contributed by atoms with Crippen LogP contribution in [-0.2, 0) is 24.2 Å². The summed E-state index contributed by atoms with van der Waals surface area (Å²) in [5.41, 5.74) is 0. The van der Waals surface area contributed by atoms with Crippen LogP contribution in [-0.4, -0.2) is 27.1 Å².